The quantitative estimate of drug-likeness (QED) is 0.871. The Balaban J connectivity index is 1.74. The molecule has 1 N–H and O–H groups in total. The van der Waals surface area contributed by atoms with Crippen LogP contribution in [0, 0.1) is 13.8 Å². The minimum Gasteiger partial charge on any atom is -0.349 e. The van der Waals surface area contributed by atoms with Gasteiger partial charge in [-0.25, -0.2) is 4.68 Å². The lowest BCUT2D eigenvalue weighted by atomic mass is 9.95. The molecular weight excluding hydrogens is 310 g/mol. The molecule has 1 amide bonds. The van der Waals surface area contributed by atoms with Crippen LogP contribution < -0.4 is 5.32 Å². The summed E-state index contributed by atoms with van der Waals surface area (Å²) in [5, 5.41) is 7.86. The van der Waals surface area contributed by atoms with E-state index < -0.39 is 0 Å². The number of carbonyl (C=O) groups is 1. The van der Waals surface area contributed by atoms with E-state index in [1.807, 2.05) is 28.9 Å². The summed E-state index contributed by atoms with van der Waals surface area (Å²) in [7, 11) is 0. The number of nitrogens with one attached hydrogen (secondary N) is 1. The third-order valence-corrected chi connectivity index (χ3v) is 5.26. The largest absolute Gasteiger partial charge is 0.349 e. The van der Waals surface area contributed by atoms with Crippen LogP contribution in [-0.4, -0.2) is 21.7 Å². The number of amides is 1. The summed E-state index contributed by atoms with van der Waals surface area (Å²) in [5.74, 6) is 0.0403. The monoisotopic (exact) mass is 339 g/mol. The van der Waals surface area contributed by atoms with E-state index in [9.17, 15) is 4.79 Å². The van der Waals surface area contributed by atoms with Gasteiger partial charge < -0.3 is 5.32 Å². The minimum absolute atomic E-state index is 0.0403. The Morgan fingerprint density at radius 1 is 1.16 bits per heavy atom. The highest BCUT2D eigenvalue weighted by Crippen LogP contribution is 2.21. The summed E-state index contributed by atoms with van der Waals surface area (Å²) >= 11 is 0. The smallest absolute Gasteiger partial charge is 0.251 e. The number of hydrogen-bond acceptors (Lipinski definition) is 2. The summed E-state index contributed by atoms with van der Waals surface area (Å²) in [6.07, 6.45) is 8.13. The summed E-state index contributed by atoms with van der Waals surface area (Å²) in [6.45, 7) is 6.38. The zero-order valence-corrected chi connectivity index (χ0v) is 15.6. The van der Waals surface area contributed by atoms with Crippen LogP contribution in [-0.2, 0) is 6.42 Å². The number of nitrogens with zero attached hydrogens (tertiary/aromatic N) is 2. The van der Waals surface area contributed by atoms with Crippen LogP contribution in [0.3, 0.4) is 0 Å². The maximum absolute atomic E-state index is 12.4. The summed E-state index contributed by atoms with van der Waals surface area (Å²) in [5.41, 5.74) is 5.36. The van der Waals surface area contributed by atoms with E-state index in [0.717, 1.165) is 42.6 Å². The molecule has 1 saturated carbocycles. The maximum Gasteiger partial charge on any atom is 0.251 e. The van der Waals surface area contributed by atoms with Crippen molar-refractivity contribution in [3.63, 3.8) is 0 Å². The van der Waals surface area contributed by atoms with Crippen LogP contribution in [0.4, 0.5) is 0 Å². The average molecular weight is 339 g/mol. The molecule has 25 heavy (non-hydrogen) atoms. The number of carbonyl (C=O) groups excluding carboxylic acids is 1. The van der Waals surface area contributed by atoms with E-state index >= 15 is 0 Å². The van der Waals surface area contributed by atoms with Crippen LogP contribution >= 0.6 is 0 Å². The van der Waals surface area contributed by atoms with Crippen LogP contribution in [0.15, 0.2) is 24.3 Å². The summed E-state index contributed by atoms with van der Waals surface area (Å²) in [6, 6.07) is 8.14. The molecule has 3 rings (SSSR count). The van der Waals surface area contributed by atoms with E-state index in [0.29, 0.717) is 6.04 Å². The lowest BCUT2D eigenvalue weighted by Crippen LogP contribution is -2.36. The van der Waals surface area contributed by atoms with Crippen molar-refractivity contribution in [2.75, 3.05) is 0 Å². The van der Waals surface area contributed by atoms with E-state index in [-0.39, 0.29) is 5.91 Å². The second-order valence-electron chi connectivity index (χ2n) is 7.17. The molecule has 0 radical (unpaired) electrons. The van der Waals surface area contributed by atoms with Crippen molar-refractivity contribution in [2.45, 2.75) is 71.8 Å². The van der Waals surface area contributed by atoms with Gasteiger partial charge in [-0.05, 0) is 62.9 Å². The van der Waals surface area contributed by atoms with Crippen LogP contribution in [0.1, 0.15) is 72.8 Å². The molecule has 4 heteroatoms. The summed E-state index contributed by atoms with van der Waals surface area (Å²) < 4.78 is 1.99. The predicted octanol–water partition coefficient (Wildman–Crippen LogP) is 4.50. The highest BCUT2D eigenvalue weighted by atomic mass is 16.1. The number of rotatable bonds is 5. The SMILES string of the molecule is CCCc1c(C)nn(-c2ccc(C(=O)NC3CCCCC3)cc2)c1C. The number of aromatic nitrogens is 2. The molecule has 4 nitrogen and oxygen atoms in total. The molecule has 134 valence electrons. The van der Waals surface area contributed by atoms with Gasteiger partial charge in [-0.15, -0.1) is 0 Å². The second kappa shape index (κ2) is 7.85. The third-order valence-electron chi connectivity index (χ3n) is 5.26. The van der Waals surface area contributed by atoms with Crippen LogP contribution in [0.25, 0.3) is 5.69 Å². The Morgan fingerprint density at radius 2 is 1.84 bits per heavy atom. The van der Waals surface area contributed by atoms with E-state index in [4.69, 9.17) is 0 Å². The molecule has 0 unspecified atom stereocenters. The standard InChI is InChI=1S/C21H29N3O/c1-4-8-20-15(2)23-24(16(20)3)19-13-11-17(12-14-19)21(25)22-18-9-6-5-7-10-18/h11-14,18H,4-10H2,1-3H3,(H,22,25). The van der Waals surface area contributed by atoms with Gasteiger partial charge in [-0.1, -0.05) is 32.6 Å². The third kappa shape index (κ3) is 3.94. The average Bonchev–Trinajstić information content (AvgIpc) is 2.91. The van der Waals surface area contributed by atoms with Gasteiger partial charge in [0.25, 0.3) is 5.91 Å². The molecule has 0 atom stereocenters. The zero-order valence-electron chi connectivity index (χ0n) is 15.6. The predicted molar refractivity (Wildman–Crippen MR) is 101 cm³/mol. The van der Waals surface area contributed by atoms with Crippen molar-refractivity contribution in [3.05, 3.63) is 46.8 Å². The van der Waals surface area contributed by atoms with Gasteiger partial charge >= 0.3 is 0 Å². The van der Waals surface area contributed by atoms with Gasteiger partial charge in [0, 0.05) is 17.3 Å². The molecule has 1 aliphatic rings. The van der Waals surface area contributed by atoms with Crippen molar-refractivity contribution in [3.8, 4) is 5.69 Å². The van der Waals surface area contributed by atoms with Gasteiger partial charge in [0.05, 0.1) is 11.4 Å². The maximum atomic E-state index is 12.4. The Labute approximate surface area is 150 Å². The Morgan fingerprint density at radius 3 is 2.48 bits per heavy atom. The van der Waals surface area contributed by atoms with Crippen LogP contribution in [0.2, 0.25) is 0 Å². The fraction of sp³-hybridized carbons (Fsp3) is 0.524. The molecule has 1 aromatic heterocycles. The number of benzene rings is 1. The van der Waals surface area contributed by atoms with Gasteiger partial charge in [-0.3, -0.25) is 4.79 Å². The molecule has 1 fully saturated rings. The highest BCUT2D eigenvalue weighted by molar-refractivity contribution is 5.94. The van der Waals surface area contributed by atoms with Crippen molar-refractivity contribution in [1.29, 1.82) is 0 Å². The van der Waals surface area contributed by atoms with Crippen molar-refractivity contribution in [1.82, 2.24) is 15.1 Å². The first-order valence-electron chi connectivity index (χ1n) is 9.56. The normalized spacial score (nSPS) is 15.3. The first-order valence-corrected chi connectivity index (χ1v) is 9.56. The van der Waals surface area contributed by atoms with Crippen molar-refractivity contribution in [2.24, 2.45) is 0 Å². The highest BCUT2D eigenvalue weighted by Gasteiger charge is 2.17. The van der Waals surface area contributed by atoms with E-state index in [1.165, 1.54) is 30.5 Å². The fourth-order valence-corrected chi connectivity index (χ4v) is 3.81. The van der Waals surface area contributed by atoms with Crippen LogP contribution in [0.5, 0.6) is 0 Å². The number of hydrogen-bond donors (Lipinski definition) is 1. The number of aryl methyl sites for hydroxylation is 1. The van der Waals surface area contributed by atoms with Gasteiger partial charge in [0.1, 0.15) is 0 Å². The topological polar surface area (TPSA) is 46.9 Å². The van der Waals surface area contributed by atoms with Gasteiger partial charge in [-0.2, -0.15) is 5.10 Å². The molecule has 1 aromatic carbocycles. The lowest BCUT2D eigenvalue weighted by Gasteiger charge is -2.22. The van der Waals surface area contributed by atoms with Gasteiger partial charge in [0.2, 0.25) is 0 Å². The lowest BCUT2D eigenvalue weighted by molar-refractivity contribution is 0.0927. The molecule has 0 aliphatic heterocycles. The molecule has 0 spiro atoms. The molecule has 1 heterocycles. The van der Waals surface area contributed by atoms with E-state index in [2.05, 4.69) is 31.2 Å². The minimum atomic E-state index is 0.0403. The van der Waals surface area contributed by atoms with E-state index in [1.54, 1.807) is 0 Å². The van der Waals surface area contributed by atoms with Crippen molar-refractivity contribution >= 4 is 5.91 Å². The first-order chi connectivity index (χ1) is 12.1. The first kappa shape index (κ1) is 17.7. The fourth-order valence-electron chi connectivity index (χ4n) is 3.81. The molecule has 1 aliphatic carbocycles. The van der Waals surface area contributed by atoms with Gasteiger partial charge in [0.15, 0.2) is 0 Å². The molecule has 2 aromatic rings. The second-order valence-corrected chi connectivity index (χ2v) is 7.17. The Kier molecular flexibility index (Phi) is 5.57. The summed E-state index contributed by atoms with van der Waals surface area (Å²) in [4.78, 5) is 12.4. The van der Waals surface area contributed by atoms with Crippen molar-refractivity contribution < 1.29 is 4.79 Å². The Bertz CT molecular complexity index is 724. The molecule has 0 saturated heterocycles. The molecule has 0 bridgehead atoms. The zero-order chi connectivity index (χ0) is 17.8. The Hall–Kier alpha value is -2.10. The molecular formula is C21H29N3O.